The third-order valence-corrected chi connectivity index (χ3v) is 4.56. The minimum atomic E-state index is -2.66. The summed E-state index contributed by atoms with van der Waals surface area (Å²) in [6, 6.07) is 2.40. The van der Waals surface area contributed by atoms with E-state index in [2.05, 4.69) is 4.36 Å². The van der Waals surface area contributed by atoms with Gasteiger partial charge in [-0.2, -0.15) is 4.36 Å². The van der Waals surface area contributed by atoms with Crippen LogP contribution in [0, 0.1) is 11.6 Å². The van der Waals surface area contributed by atoms with Crippen LogP contribution in [0.5, 0.6) is 0 Å². The van der Waals surface area contributed by atoms with E-state index in [-0.39, 0.29) is 30.3 Å². The first-order valence-corrected chi connectivity index (χ1v) is 7.14. The minimum absolute atomic E-state index is 0.163. The standard InChI is InChI=1S/C11H11F2NO3S/c12-9-5-8(6-10(13)7-9)11(15)14-18(16)3-1-17-2-4-18/h5-7H,1-4H2. The lowest BCUT2D eigenvalue weighted by Gasteiger charge is -2.15. The van der Waals surface area contributed by atoms with Crippen LogP contribution in [-0.4, -0.2) is 34.8 Å². The Labute approximate surface area is 103 Å². The maximum Gasteiger partial charge on any atom is 0.285 e. The molecule has 0 atom stereocenters. The van der Waals surface area contributed by atoms with E-state index in [1.807, 2.05) is 0 Å². The topological polar surface area (TPSA) is 55.7 Å². The highest BCUT2D eigenvalue weighted by Gasteiger charge is 2.18. The Kier molecular flexibility index (Phi) is 3.72. The Morgan fingerprint density at radius 3 is 2.28 bits per heavy atom. The van der Waals surface area contributed by atoms with Gasteiger partial charge in [-0.1, -0.05) is 0 Å². The second-order valence-corrected chi connectivity index (χ2v) is 6.39. The molecule has 1 fully saturated rings. The number of hydrogen-bond donors (Lipinski definition) is 0. The SMILES string of the molecule is O=C(N=S1(=O)CCOCC1)c1cc(F)cc(F)c1. The molecule has 1 aromatic carbocycles. The summed E-state index contributed by atoms with van der Waals surface area (Å²) in [6.07, 6.45) is 0. The lowest BCUT2D eigenvalue weighted by Crippen LogP contribution is -2.26. The van der Waals surface area contributed by atoms with Gasteiger partial charge in [-0.3, -0.25) is 4.79 Å². The number of carbonyl (C=O) groups excluding carboxylic acids is 1. The van der Waals surface area contributed by atoms with E-state index in [0.29, 0.717) is 6.07 Å². The van der Waals surface area contributed by atoms with Gasteiger partial charge in [0.1, 0.15) is 11.6 Å². The molecule has 1 aromatic rings. The normalized spacial score (nSPS) is 18.3. The maximum atomic E-state index is 12.9. The zero-order valence-corrected chi connectivity index (χ0v) is 10.2. The molecule has 0 spiro atoms. The molecule has 0 unspecified atom stereocenters. The van der Waals surface area contributed by atoms with Crippen molar-refractivity contribution in [3.05, 3.63) is 35.4 Å². The monoisotopic (exact) mass is 275 g/mol. The number of rotatable bonds is 1. The summed E-state index contributed by atoms with van der Waals surface area (Å²) in [7, 11) is -2.66. The van der Waals surface area contributed by atoms with E-state index in [1.165, 1.54) is 0 Å². The average molecular weight is 275 g/mol. The van der Waals surface area contributed by atoms with Gasteiger partial charge < -0.3 is 4.74 Å². The van der Waals surface area contributed by atoms with Gasteiger partial charge in [0, 0.05) is 11.6 Å². The van der Waals surface area contributed by atoms with Crippen molar-refractivity contribution in [1.82, 2.24) is 0 Å². The molecule has 1 aliphatic heterocycles. The van der Waals surface area contributed by atoms with E-state index in [1.54, 1.807) is 0 Å². The van der Waals surface area contributed by atoms with Gasteiger partial charge in [0.05, 0.1) is 34.4 Å². The van der Waals surface area contributed by atoms with Gasteiger partial charge in [-0.15, -0.1) is 0 Å². The summed E-state index contributed by atoms with van der Waals surface area (Å²) in [6.45, 7) is 0.542. The van der Waals surface area contributed by atoms with Crippen LogP contribution >= 0.6 is 0 Å². The molecule has 1 aliphatic rings. The first kappa shape index (κ1) is 13.1. The molecule has 18 heavy (non-hydrogen) atoms. The van der Waals surface area contributed by atoms with Crippen LogP contribution in [0.3, 0.4) is 0 Å². The summed E-state index contributed by atoms with van der Waals surface area (Å²) in [5, 5.41) is 0. The molecule has 7 heteroatoms. The summed E-state index contributed by atoms with van der Waals surface area (Å²) in [4.78, 5) is 11.7. The number of nitrogens with zero attached hydrogens (tertiary/aromatic N) is 1. The predicted molar refractivity (Wildman–Crippen MR) is 61.8 cm³/mol. The zero-order valence-electron chi connectivity index (χ0n) is 9.40. The highest BCUT2D eigenvalue weighted by atomic mass is 32.2. The fourth-order valence-corrected chi connectivity index (χ4v) is 3.11. The first-order chi connectivity index (χ1) is 8.48. The van der Waals surface area contributed by atoms with Crippen LogP contribution in [-0.2, 0) is 14.5 Å². The van der Waals surface area contributed by atoms with E-state index < -0.39 is 27.3 Å². The summed E-state index contributed by atoms with van der Waals surface area (Å²) < 4.78 is 46.6. The van der Waals surface area contributed by atoms with Crippen LogP contribution in [0.1, 0.15) is 10.4 Å². The molecule has 0 aromatic heterocycles. The predicted octanol–water partition coefficient (Wildman–Crippen LogP) is 1.60. The summed E-state index contributed by atoms with van der Waals surface area (Å²) >= 11 is 0. The second-order valence-electron chi connectivity index (χ2n) is 3.85. The van der Waals surface area contributed by atoms with E-state index in [4.69, 9.17) is 4.74 Å². The molecule has 0 aliphatic carbocycles. The van der Waals surface area contributed by atoms with Gasteiger partial charge >= 0.3 is 0 Å². The van der Waals surface area contributed by atoms with E-state index in [0.717, 1.165) is 12.1 Å². The van der Waals surface area contributed by atoms with E-state index >= 15 is 0 Å². The molecule has 1 amide bonds. The van der Waals surface area contributed by atoms with Crippen molar-refractivity contribution in [3.63, 3.8) is 0 Å². The van der Waals surface area contributed by atoms with Gasteiger partial charge in [-0.05, 0) is 12.1 Å². The molecule has 0 saturated carbocycles. The van der Waals surface area contributed by atoms with Gasteiger partial charge in [0.25, 0.3) is 5.91 Å². The highest BCUT2D eigenvalue weighted by Crippen LogP contribution is 2.12. The number of amides is 1. The van der Waals surface area contributed by atoms with Crippen molar-refractivity contribution >= 4 is 15.6 Å². The minimum Gasteiger partial charge on any atom is -0.379 e. The smallest absolute Gasteiger partial charge is 0.285 e. The highest BCUT2D eigenvalue weighted by molar-refractivity contribution is 7.94. The lowest BCUT2D eigenvalue weighted by atomic mass is 10.2. The summed E-state index contributed by atoms with van der Waals surface area (Å²) in [5.74, 6) is -2.26. The molecule has 0 bridgehead atoms. The van der Waals surface area contributed by atoms with Crippen LogP contribution in [0.25, 0.3) is 0 Å². The Hall–Kier alpha value is -1.34. The van der Waals surface area contributed by atoms with Crippen molar-refractivity contribution in [2.45, 2.75) is 0 Å². The third kappa shape index (κ3) is 3.11. The molecule has 2 rings (SSSR count). The fourth-order valence-electron chi connectivity index (χ4n) is 1.55. The van der Waals surface area contributed by atoms with Gasteiger partial charge in [0.2, 0.25) is 0 Å². The van der Waals surface area contributed by atoms with Crippen molar-refractivity contribution in [2.24, 2.45) is 4.36 Å². The molecule has 1 saturated heterocycles. The second kappa shape index (κ2) is 5.11. The van der Waals surface area contributed by atoms with Gasteiger partial charge in [0.15, 0.2) is 0 Å². The molecule has 1 heterocycles. The molecule has 0 radical (unpaired) electrons. The quantitative estimate of drug-likeness (QED) is 0.782. The van der Waals surface area contributed by atoms with E-state index in [9.17, 15) is 17.8 Å². The average Bonchev–Trinajstić information content (AvgIpc) is 2.28. The summed E-state index contributed by atoms with van der Waals surface area (Å²) in [5.41, 5.74) is -0.235. The van der Waals surface area contributed by atoms with Crippen molar-refractivity contribution in [3.8, 4) is 0 Å². The number of halogens is 2. The number of hydrogen-bond acceptors (Lipinski definition) is 3. The fraction of sp³-hybridized carbons (Fsp3) is 0.364. The number of carbonyl (C=O) groups is 1. The molecule has 98 valence electrons. The molecular formula is C11H11F2NO3S. The lowest BCUT2D eigenvalue weighted by molar-refractivity contribution is 0.100. The number of benzene rings is 1. The largest absolute Gasteiger partial charge is 0.379 e. The number of ether oxygens (including phenoxy) is 1. The maximum absolute atomic E-state index is 12.9. The van der Waals surface area contributed by atoms with Crippen molar-refractivity contribution in [2.75, 3.05) is 24.7 Å². The third-order valence-electron chi connectivity index (χ3n) is 2.45. The first-order valence-electron chi connectivity index (χ1n) is 5.29. The Morgan fingerprint density at radius 2 is 1.72 bits per heavy atom. The molecule has 4 nitrogen and oxygen atoms in total. The van der Waals surface area contributed by atoms with Gasteiger partial charge in [-0.25, -0.2) is 13.0 Å². The van der Waals surface area contributed by atoms with Crippen LogP contribution in [0.4, 0.5) is 8.78 Å². The van der Waals surface area contributed by atoms with Crippen LogP contribution < -0.4 is 0 Å². The Bertz CT molecular complexity index is 562. The van der Waals surface area contributed by atoms with Crippen LogP contribution in [0.15, 0.2) is 22.6 Å². The Morgan fingerprint density at radius 1 is 1.17 bits per heavy atom. The van der Waals surface area contributed by atoms with Crippen LogP contribution in [0.2, 0.25) is 0 Å². The van der Waals surface area contributed by atoms with Crippen molar-refractivity contribution in [1.29, 1.82) is 0 Å². The Balaban J connectivity index is 2.31. The molecular weight excluding hydrogens is 264 g/mol. The molecule has 0 N–H and O–H groups in total. The van der Waals surface area contributed by atoms with Crippen molar-refractivity contribution < 1.29 is 22.5 Å². The zero-order chi connectivity index (χ0) is 13.2.